The van der Waals surface area contributed by atoms with Crippen LogP contribution >= 0.6 is 0 Å². The summed E-state index contributed by atoms with van der Waals surface area (Å²) in [7, 11) is -2.13. The number of hydrogen-bond donors (Lipinski definition) is 1. The van der Waals surface area contributed by atoms with Crippen molar-refractivity contribution in [2.24, 2.45) is 5.92 Å². The molecule has 0 aromatic heterocycles. The number of hydrogen-bond acceptors (Lipinski definition) is 3. The quantitative estimate of drug-likeness (QED) is 0.771. The van der Waals surface area contributed by atoms with Gasteiger partial charge in [0, 0.05) is 25.7 Å². The summed E-state index contributed by atoms with van der Waals surface area (Å²) < 4.78 is 26.9. The number of nitrogens with zero attached hydrogens (tertiary/aromatic N) is 1. The monoisotopic (exact) mass is 374 g/mol. The first-order chi connectivity index (χ1) is 12.3. The highest BCUT2D eigenvalue weighted by Gasteiger charge is 2.22. The van der Waals surface area contributed by atoms with Gasteiger partial charge in [-0.2, -0.15) is 4.31 Å². The Morgan fingerprint density at radius 3 is 2.42 bits per heavy atom. The van der Waals surface area contributed by atoms with Crippen molar-refractivity contribution < 1.29 is 13.2 Å². The molecule has 2 aromatic rings. The van der Waals surface area contributed by atoms with Gasteiger partial charge in [0.1, 0.15) is 0 Å². The van der Waals surface area contributed by atoms with Crippen molar-refractivity contribution in [1.82, 2.24) is 9.62 Å². The zero-order chi connectivity index (χ0) is 19.2. The Morgan fingerprint density at radius 2 is 1.77 bits per heavy atom. The molecule has 140 valence electrons. The van der Waals surface area contributed by atoms with Crippen LogP contribution < -0.4 is 5.32 Å². The molecule has 0 radical (unpaired) electrons. The normalized spacial score (nSPS) is 11.7. The minimum atomic E-state index is -3.67. The van der Waals surface area contributed by atoms with E-state index in [9.17, 15) is 13.2 Å². The average molecular weight is 375 g/mol. The second kappa shape index (κ2) is 8.96. The number of carbonyl (C=O) groups excluding carboxylic acids is 1. The molecule has 0 bridgehead atoms. The van der Waals surface area contributed by atoms with E-state index in [2.05, 4.69) is 19.2 Å². The fourth-order valence-electron chi connectivity index (χ4n) is 2.48. The molecule has 0 atom stereocenters. The van der Waals surface area contributed by atoms with E-state index in [0.717, 1.165) is 12.0 Å². The SMILES string of the molecule is CC(C)CCNC(=O)c1cccc(S(=O)(=O)N(C)Cc2ccccc2)c1. The topological polar surface area (TPSA) is 66.5 Å². The molecule has 6 heteroatoms. The predicted molar refractivity (Wildman–Crippen MR) is 103 cm³/mol. The van der Waals surface area contributed by atoms with Crippen molar-refractivity contribution >= 4 is 15.9 Å². The molecule has 2 rings (SSSR count). The largest absolute Gasteiger partial charge is 0.352 e. The maximum Gasteiger partial charge on any atom is 0.251 e. The lowest BCUT2D eigenvalue weighted by atomic mass is 10.1. The first-order valence-corrected chi connectivity index (χ1v) is 10.1. The smallest absolute Gasteiger partial charge is 0.251 e. The molecule has 5 nitrogen and oxygen atoms in total. The Morgan fingerprint density at radius 1 is 1.08 bits per heavy atom. The maximum absolute atomic E-state index is 12.8. The summed E-state index contributed by atoms with van der Waals surface area (Å²) in [5, 5.41) is 2.83. The molecule has 0 saturated heterocycles. The van der Waals surface area contributed by atoms with Crippen molar-refractivity contribution in [3.8, 4) is 0 Å². The van der Waals surface area contributed by atoms with Gasteiger partial charge in [-0.15, -0.1) is 0 Å². The molecule has 26 heavy (non-hydrogen) atoms. The van der Waals surface area contributed by atoms with Crippen LogP contribution in [0.5, 0.6) is 0 Å². The van der Waals surface area contributed by atoms with Crippen LogP contribution in [0.15, 0.2) is 59.5 Å². The van der Waals surface area contributed by atoms with E-state index >= 15 is 0 Å². The Kier molecular flexibility index (Phi) is 6.94. The summed E-state index contributed by atoms with van der Waals surface area (Å²) in [6.45, 7) is 5.01. The van der Waals surface area contributed by atoms with Crippen LogP contribution in [-0.4, -0.2) is 32.2 Å². The summed E-state index contributed by atoms with van der Waals surface area (Å²) in [5.74, 6) is 0.238. The highest BCUT2D eigenvalue weighted by atomic mass is 32.2. The summed E-state index contributed by atoms with van der Waals surface area (Å²) in [6, 6.07) is 15.6. The fourth-order valence-corrected chi connectivity index (χ4v) is 3.69. The highest BCUT2D eigenvalue weighted by molar-refractivity contribution is 7.89. The van der Waals surface area contributed by atoms with Crippen molar-refractivity contribution in [1.29, 1.82) is 0 Å². The van der Waals surface area contributed by atoms with Crippen molar-refractivity contribution in [2.75, 3.05) is 13.6 Å². The van der Waals surface area contributed by atoms with Gasteiger partial charge >= 0.3 is 0 Å². The van der Waals surface area contributed by atoms with Gasteiger partial charge in [0.05, 0.1) is 4.90 Å². The first-order valence-electron chi connectivity index (χ1n) is 8.69. The van der Waals surface area contributed by atoms with Crippen molar-refractivity contribution in [3.05, 3.63) is 65.7 Å². The Balaban J connectivity index is 2.13. The van der Waals surface area contributed by atoms with E-state index in [1.54, 1.807) is 12.1 Å². The van der Waals surface area contributed by atoms with Crippen LogP contribution in [-0.2, 0) is 16.6 Å². The minimum Gasteiger partial charge on any atom is -0.352 e. The lowest BCUT2D eigenvalue weighted by molar-refractivity contribution is 0.0952. The molecular weight excluding hydrogens is 348 g/mol. The van der Waals surface area contributed by atoms with Crippen molar-refractivity contribution in [3.63, 3.8) is 0 Å². The number of nitrogens with one attached hydrogen (secondary N) is 1. The van der Waals surface area contributed by atoms with Gasteiger partial charge < -0.3 is 5.32 Å². The van der Waals surface area contributed by atoms with E-state index < -0.39 is 10.0 Å². The van der Waals surface area contributed by atoms with E-state index in [1.165, 1.54) is 23.5 Å². The first kappa shape index (κ1) is 20.1. The average Bonchev–Trinajstić information content (AvgIpc) is 2.62. The second-order valence-electron chi connectivity index (χ2n) is 6.71. The summed E-state index contributed by atoms with van der Waals surface area (Å²) in [6.07, 6.45) is 0.879. The van der Waals surface area contributed by atoms with Gasteiger partial charge in [0.2, 0.25) is 10.0 Å². The Bertz CT molecular complexity index is 833. The summed E-state index contributed by atoms with van der Waals surface area (Å²) in [5.41, 5.74) is 1.25. The third-order valence-corrected chi connectivity index (χ3v) is 5.86. The third kappa shape index (κ3) is 5.41. The van der Waals surface area contributed by atoms with Gasteiger partial charge in [-0.3, -0.25) is 4.79 Å². The molecule has 0 aliphatic rings. The number of sulfonamides is 1. The minimum absolute atomic E-state index is 0.118. The van der Waals surface area contributed by atoms with Gasteiger partial charge in [-0.05, 0) is 36.1 Å². The third-order valence-electron chi connectivity index (χ3n) is 4.06. The van der Waals surface area contributed by atoms with E-state index in [1.807, 2.05) is 30.3 Å². The van der Waals surface area contributed by atoms with E-state index in [0.29, 0.717) is 18.0 Å². The Hall–Kier alpha value is -2.18. The molecule has 0 fully saturated rings. The molecule has 0 aliphatic heterocycles. The molecule has 0 unspecified atom stereocenters. The molecular formula is C20H26N2O3S. The fraction of sp³-hybridized carbons (Fsp3) is 0.350. The van der Waals surface area contributed by atoms with Crippen LogP contribution in [0.2, 0.25) is 0 Å². The Labute approximate surface area is 156 Å². The standard InChI is InChI=1S/C20H26N2O3S/c1-16(2)12-13-21-20(23)18-10-7-11-19(14-18)26(24,25)22(3)15-17-8-5-4-6-9-17/h4-11,14,16H,12-13,15H2,1-3H3,(H,21,23). The zero-order valence-electron chi connectivity index (χ0n) is 15.5. The van der Waals surface area contributed by atoms with Crippen LogP contribution in [0.4, 0.5) is 0 Å². The van der Waals surface area contributed by atoms with Gasteiger partial charge in [-0.25, -0.2) is 8.42 Å². The number of benzene rings is 2. The lowest BCUT2D eigenvalue weighted by Gasteiger charge is -2.18. The van der Waals surface area contributed by atoms with Crippen LogP contribution in [0.1, 0.15) is 36.2 Å². The van der Waals surface area contributed by atoms with E-state index in [-0.39, 0.29) is 17.3 Å². The van der Waals surface area contributed by atoms with E-state index in [4.69, 9.17) is 0 Å². The lowest BCUT2D eigenvalue weighted by Crippen LogP contribution is -2.28. The van der Waals surface area contributed by atoms with Gasteiger partial charge in [-0.1, -0.05) is 50.2 Å². The summed E-state index contributed by atoms with van der Waals surface area (Å²) >= 11 is 0. The molecule has 0 spiro atoms. The number of rotatable bonds is 8. The molecule has 0 aliphatic carbocycles. The number of amides is 1. The molecule has 2 aromatic carbocycles. The molecule has 1 N–H and O–H groups in total. The zero-order valence-corrected chi connectivity index (χ0v) is 16.3. The molecule has 0 heterocycles. The van der Waals surface area contributed by atoms with Crippen LogP contribution in [0, 0.1) is 5.92 Å². The second-order valence-corrected chi connectivity index (χ2v) is 8.76. The number of carbonyl (C=O) groups is 1. The van der Waals surface area contributed by atoms with Crippen LogP contribution in [0.3, 0.4) is 0 Å². The molecule has 1 amide bonds. The predicted octanol–water partition coefficient (Wildman–Crippen LogP) is 3.28. The van der Waals surface area contributed by atoms with Crippen molar-refractivity contribution in [2.45, 2.75) is 31.7 Å². The van der Waals surface area contributed by atoms with Crippen LogP contribution in [0.25, 0.3) is 0 Å². The molecule has 0 saturated carbocycles. The highest BCUT2D eigenvalue weighted by Crippen LogP contribution is 2.18. The maximum atomic E-state index is 12.8. The van der Waals surface area contributed by atoms with Gasteiger partial charge in [0.25, 0.3) is 5.91 Å². The van der Waals surface area contributed by atoms with Gasteiger partial charge in [0.15, 0.2) is 0 Å². The summed E-state index contributed by atoms with van der Waals surface area (Å²) in [4.78, 5) is 12.4.